The van der Waals surface area contributed by atoms with Crippen LogP contribution in [0.3, 0.4) is 0 Å². The SMILES string of the molecule is Nc1cc2nc(-c3ccc(Cl)cc3)cc(C(=O)O)c2cc1F. The van der Waals surface area contributed by atoms with Crippen LogP contribution >= 0.6 is 11.6 Å². The summed E-state index contributed by atoms with van der Waals surface area (Å²) in [5, 5.41) is 10.1. The van der Waals surface area contributed by atoms with Crippen LogP contribution in [0.2, 0.25) is 5.02 Å². The Morgan fingerprint density at radius 3 is 2.50 bits per heavy atom. The van der Waals surface area contributed by atoms with E-state index in [1.54, 1.807) is 24.3 Å². The first-order chi connectivity index (χ1) is 10.5. The number of aromatic nitrogens is 1. The summed E-state index contributed by atoms with van der Waals surface area (Å²) in [6.07, 6.45) is 0. The largest absolute Gasteiger partial charge is 0.478 e. The first-order valence-corrected chi connectivity index (χ1v) is 6.72. The van der Waals surface area contributed by atoms with Crippen LogP contribution in [0.25, 0.3) is 22.2 Å². The fourth-order valence-electron chi connectivity index (χ4n) is 2.21. The lowest BCUT2D eigenvalue weighted by Gasteiger charge is -2.08. The number of benzene rings is 2. The molecule has 0 spiro atoms. The molecule has 0 aliphatic rings. The van der Waals surface area contributed by atoms with Gasteiger partial charge in [-0.25, -0.2) is 14.2 Å². The van der Waals surface area contributed by atoms with E-state index in [0.29, 0.717) is 21.8 Å². The van der Waals surface area contributed by atoms with Crippen molar-refractivity contribution in [3.05, 3.63) is 58.9 Å². The molecule has 4 nitrogen and oxygen atoms in total. The third kappa shape index (κ3) is 2.46. The molecule has 2 aromatic carbocycles. The average Bonchev–Trinajstić information content (AvgIpc) is 2.48. The van der Waals surface area contributed by atoms with Crippen molar-refractivity contribution >= 4 is 34.2 Å². The molecule has 0 unspecified atom stereocenters. The molecule has 0 aliphatic carbocycles. The van der Waals surface area contributed by atoms with E-state index < -0.39 is 11.8 Å². The first-order valence-electron chi connectivity index (χ1n) is 6.35. The van der Waals surface area contributed by atoms with E-state index in [1.807, 2.05) is 0 Å². The lowest BCUT2D eigenvalue weighted by Crippen LogP contribution is -2.02. The van der Waals surface area contributed by atoms with Gasteiger partial charge in [-0.1, -0.05) is 23.7 Å². The van der Waals surface area contributed by atoms with Gasteiger partial charge in [0.15, 0.2) is 0 Å². The molecule has 0 aliphatic heterocycles. The summed E-state index contributed by atoms with van der Waals surface area (Å²) in [7, 11) is 0. The van der Waals surface area contributed by atoms with Crippen LogP contribution in [-0.2, 0) is 0 Å². The van der Waals surface area contributed by atoms with Gasteiger partial charge >= 0.3 is 5.97 Å². The number of carbonyl (C=O) groups is 1. The molecule has 0 saturated heterocycles. The van der Waals surface area contributed by atoms with Crippen molar-refractivity contribution in [2.24, 2.45) is 0 Å². The van der Waals surface area contributed by atoms with E-state index in [0.717, 1.165) is 6.07 Å². The van der Waals surface area contributed by atoms with Gasteiger partial charge in [0.25, 0.3) is 0 Å². The van der Waals surface area contributed by atoms with Crippen molar-refractivity contribution < 1.29 is 14.3 Å². The highest BCUT2D eigenvalue weighted by Crippen LogP contribution is 2.28. The summed E-state index contributed by atoms with van der Waals surface area (Å²) in [4.78, 5) is 15.8. The maximum absolute atomic E-state index is 13.6. The van der Waals surface area contributed by atoms with Crippen molar-refractivity contribution in [3.8, 4) is 11.3 Å². The van der Waals surface area contributed by atoms with Crippen LogP contribution in [0, 0.1) is 5.82 Å². The van der Waals surface area contributed by atoms with Crippen molar-refractivity contribution in [3.63, 3.8) is 0 Å². The molecule has 0 saturated carbocycles. The fraction of sp³-hybridized carbons (Fsp3) is 0. The van der Waals surface area contributed by atoms with Crippen LogP contribution in [0.1, 0.15) is 10.4 Å². The van der Waals surface area contributed by atoms with Gasteiger partial charge in [0.2, 0.25) is 0 Å². The number of halogens is 2. The molecule has 1 heterocycles. The second-order valence-corrected chi connectivity index (χ2v) is 5.19. The molecule has 3 N–H and O–H groups in total. The maximum atomic E-state index is 13.6. The molecule has 110 valence electrons. The Balaban J connectivity index is 2.31. The zero-order valence-electron chi connectivity index (χ0n) is 11.2. The highest BCUT2D eigenvalue weighted by atomic mass is 35.5. The number of hydrogen-bond donors (Lipinski definition) is 2. The number of aromatic carboxylic acids is 1. The van der Waals surface area contributed by atoms with Gasteiger partial charge in [-0.15, -0.1) is 0 Å². The molecular weight excluding hydrogens is 307 g/mol. The maximum Gasteiger partial charge on any atom is 0.336 e. The number of nitrogens with zero attached hydrogens (tertiary/aromatic N) is 1. The number of nitrogens with two attached hydrogens (primary N) is 1. The molecule has 6 heteroatoms. The molecule has 3 rings (SSSR count). The summed E-state index contributed by atoms with van der Waals surface area (Å²) in [5.41, 5.74) is 6.91. The predicted molar refractivity (Wildman–Crippen MR) is 83.5 cm³/mol. The Labute approximate surface area is 130 Å². The van der Waals surface area contributed by atoms with Crippen molar-refractivity contribution in [1.29, 1.82) is 0 Å². The van der Waals surface area contributed by atoms with Gasteiger partial charge in [0, 0.05) is 16.0 Å². The molecule has 0 fully saturated rings. The molecule has 3 aromatic rings. The monoisotopic (exact) mass is 316 g/mol. The minimum Gasteiger partial charge on any atom is -0.478 e. The summed E-state index contributed by atoms with van der Waals surface area (Å²) in [5.74, 6) is -1.83. The fourth-order valence-corrected chi connectivity index (χ4v) is 2.33. The molecule has 0 amide bonds. The summed E-state index contributed by atoms with van der Waals surface area (Å²) in [6, 6.07) is 10.7. The van der Waals surface area contributed by atoms with Gasteiger partial charge in [-0.3, -0.25) is 0 Å². The van der Waals surface area contributed by atoms with E-state index >= 15 is 0 Å². The highest BCUT2D eigenvalue weighted by Gasteiger charge is 2.15. The average molecular weight is 317 g/mol. The molecule has 0 atom stereocenters. The van der Waals surface area contributed by atoms with Crippen LogP contribution in [0.15, 0.2) is 42.5 Å². The quantitative estimate of drug-likeness (QED) is 0.701. The van der Waals surface area contributed by atoms with Crippen LogP contribution < -0.4 is 5.73 Å². The third-order valence-corrected chi connectivity index (χ3v) is 3.55. The van der Waals surface area contributed by atoms with Crippen LogP contribution in [0.4, 0.5) is 10.1 Å². The Bertz CT molecular complexity index is 895. The lowest BCUT2D eigenvalue weighted by molar-refractivity contribution is 0.0699. The summed E-state index contributed by atoms with van der Waals surface area (Å²) >= 11 is 5.84. The second kappa shape index (κ2) is 5.27. The number of carboxylic acids is 1. The minimum absolute atomic E-state index is 0.0335. The van der Waals surface area contributed by atoms with Crippen LogP contribution in [0.5, 0.6) is 0 Å². The number of carboxylic acid groups (broad SMARTS) is 1. The topological polar surface area (TPSA) is 76.2 Å². The first kappa shape index (κ1) is 14.3. The van der Waals surface area contributed by atoms with Gasteiger partial charge in [0.05, 0.1) is 22.5 Å². The summed E-state index contributed by atoms with van der Waals surface area (Å²) in [6.45, 7) is 0. The standard InChI is InChI=1S/C16H10ClFN2O2/c17-9-3-1-8(2-4-9)14-6-11(16(21)22)10-5-12(18)13(19)7-15(10)20-14/h1-7H,19H2,(H,21,22). The van der Waals surface area contributed by atoms with E-state index in [2.05, 4.69) is 4.98 Å². The number of nitrogen functional groups attached to an aromatic ring is 1. The number of anilines is 1. The second-order valence-electron chi connectivity index (χ2n) is 4.76. The Hall–Kier alpha value is -2.66. The van der Waals surface area contributed by atoms with E-state index in [1.165, 1.54) is 12.1 Å². The van der Waals surface area contributed by atoms with Crippen LogP contribution in [-0.4, -0.2) is 16.1 Å². The highest BCUT2D eigenvalue weighted by molar-refractivity contribution is 6.30. The smallest absolute Gasteiger partial charge is 0.336 e. The van der Waals surface area contributed by atoms with Crippen molar-refractivity contribution in [1.82, 2.24) is 4.98 Å². The van der Waals surface area contributed by atoms with Crippen molar-refractivity contribution in [2.45, 2.75) is 0 Å². The Kier molecular flexibility index (Phi) is 3.42. The number of fused-ring (bicyclic) bond motifs is 1. The zero-order chi connectivity index (χ0) is 15.9. The molecule has 22 heavy (non-hydrogen) atoms. The van der Waals surface area contributed by atoms with Gasteiger partial charge < -0.3 is 10.8 Å². The predicted octanol–water partition coefficient (Wildman–Crippen LogP) is 3.97. The van der Waals surface area contributed by atoms with E-state index in [-0.39, 0.29) is 16.6 Å². The molecule has 0 bridgehead atoms. The number of rotatable bonds is 2. The number of pyridine rings is 1. The molecule has 1 aromatic heterocycles. The van der Waals surface area contributed by atoms with E-state index in [9.17, 15) is 14.3 Å². The molecule has 0 radical (unpaired) electrons. The molecular formula is C16H10ClFN2O2. The zero-order valence-corrected chi connectivity index (χ0v) is 11.9. The van der Waals surface area contributed by atoms with Crippen molar-refractivity contribution in [2.75, 3.05) is 5.73 Å². The Morgan fingerprint density at radius 1 is 1.18 bits per heavy atom. The van der Waals surface area contributed by atoms with E-state index in [4.69, 9.17) is 17.3 Å². The van der Waals surface area contributed by atoms with Gasteiger partial charge in [-0.2, -0.15) is 0 Å². The number of hydrogen-bond acceptors (Lipinski definition) is 3. The minimum atomic E-state index is -1.16. The normalized spacial score (nSPS) is 10.8. The Morgan fingerprint density at radius 2 is 1.86 bits per heavy atom. The third-order valence-electron chi connectivity index (χ3n) is 3.30. The lowest BCUT2D eigenvalue weighted by atomic mass is 10.0. The summed E-state index contributed by atoms with van der Waals surface area (Å²) < 4.78 is 13.6. The van der Waals surface area contributed by atoms with Gasteiger partial charge in [-0.05, 0) is 30.3 Å². The van der Waals surface area contributed by atoms with Gasteiger partial charge in [0.1, 0.15) is 5.82 Å².